The molecule has 0 amide bonds. The van der Waals surface area contributed by atoms with Gasteiger partial charge in [0, 0.05) is 5.33 Å². The van der Waals surface area contributed by atoms with Crippen LogP contribution in [0.3, 0.4) is 0 Å². The molecule has 0 rings (SSSR count). The van der Waals surface area contributed by atoms with Crippen molar-refractivity contribution in [1.29, 1.82) is 0 Å². The Bertz CT molecular complexity index is 147. The fraction of sp³-hybridized carbons (Fsp3) is 1.00. The highest BCUT2D eigenvalue weighted by Crippen LogP contribution is 2.47. The van der Waals surface area contributed by atoms with E-state index in [1.54, 1.807) is 0 Å². The average molecular weight is 264 g/mol. The van der Waals surface area contributed by atoms with Crippen molar-refractivity contribution in [2.45, 2.75) is 47.1 Å². The SMILES string of the molecule is CC(C)(C)C(CBr)(O[Si])C(C)(C)C. The van der Waals surface area contributed by atoms with Gasteiger partial charge in [0.05, 0.1) is 5.60 Å². The minimum absolute atomic E-state index is 0.0799. The highest BCUT2D eigenvalue weighted by atomic mass is 79.9. The minimum atomic E-state index is -0.211. The molecule has 0 aliphatic carbocycles. The van der Waals surface area contributed by atoms with Gasteiger partial charge in [-0.2, -0.15) is 0 Å². The second-order valence-electron chi connectivity index (χ2n) is 5.56. The number of hydrogen-bond donors (Lipinski definition) is 0. The second-order valence-corrected chi connectivity index (χ2v) is 6.33. The van der Waals surface area contributed by atoms with Crippen LogP contribution < -0.4 is 0 Å². The van der Waals surface area contributed by atoms with E-state index in [4.69, 9.17) is 4.43 Å². The Balaban J connectivity index is 5.17. The Morgan fingerprint density at radius 1 is 1.00 bits per heavy atom. The van der Waals surface area contributed by atoms with Crippen LogP contribution in [0.15, 0.2) is 0 Å². The summed E-state index contributed by atoms with van der Waals surface area (Å²) in [4.78, 5) is 0. The summed E-state index contributed by atoms with van der Waals surface area (Å²) in [6.07, 6.45) is 0. The number of alkyl halides is 1. The van der Waals surface area contributed by atoms with E-state index in [0.717, 1.165) is 5.33 Å². The molecule has 0 aromatic heterocycles. The molecule has 0 saturated carbocycles. The van der Waals surface area contributed by atoms with Crippen LogP contribution >= 0.6 is 15.9 Å². The monoisotopic (exact) mass is 263 g/mol. The molecule has 0 fully saturated rings. The van der Waals surface area contributed by atoms with Crippen LogP contribution in [0.2, 0.25) is 0 Å². The minimum Gasteiger partial charge on any atom is -0.411 e. The molecule has 0 unspecified atom stereocenters. The quantitative estimate of drug-likeness (QED) is 0.549. The predicted octanol–water partition coefficient (Wildman–Crippen LogP) is 3.31. The number of rotatable bonds is 2. The lowest BCUT2D eigenvalue weighted by molar-refractivity contribution is -0.0901. The van der Waals surface area contributed by atoms with E-state index in [2.05, 4.69) is 68.0 Å². The van der Waals surface area contributed by atoms with E-state index in [-0.39, 0.29) is 16.4 Å². The molecule has 0 aliphatic heterocycles. The van der Waals surface area contributed by atoms with Gasteiger partial charge < -0.3 is 4.43 Å². The maximum atomic E-state index is 5.57. The molecule has 0 heterocycles. The Kier molecular flexibility index (Phi) is 4.23. The number of halogens is 1. The third-order valence-corrected chi connectivity index (χ3v) is 3.92. The molecule has 0 spiro atoms. The van der Waals surface area contributed by atoms with Gasteiger partial charge in [0.1, 0.15) is 0 Å². The third-order valence-electron chi connectivity index (χ3n) is 2.79. The fourth-order valence-corrected chi connectivity index (χ4v) is 4.55. The lowest BCUT2D eigenvalue weighted by atomic mass is 9.64. The van der Waals surface area contributed by atoms with E-state index in [9.17, 15) is 0 Å². The van der Waals surface area contributed by atoms with Gasteiger partial charge in [0.2, 0.25) is 10.5 Å². The molecule has 0 bridgehead atoms. The predicted molar refractivity (Wildman–Crippen MR) is 62.3 cm³/mol. The molecule has 0 aliphatic rings. The van der Waals surface area contributed by atoms with Crippen LogP contribution in [-0.4, -0.2) is 21.4 Å². The zero-order valence-corrected chi connectivity index (χ0v) is 12.1. The van der Waals surface area contributed by atoms with Crippen LogP contribution in [0.25, 0.3) is 0 Å². The molecule has 1 nitrogen and oxygen atoms in total. The van der Waals surface area contributed by atoms with Gasteiger partial charge in [-0.1, -0.05) is 57.5 Å². The van der Waals surface area contributed by atoms with Gasteiger partial charge in [-0.05, 0) is 10.8 Å². The average Bonchev–Trinajstić information content (AvgIpc) is 1.84. The van der Waals surface area contributed by atoms with Crippen LogP contribution in [0.1, 0.15) is 41.5 Å². The standard InChI is InChI=1S/C10H20BrOSi/c1-8(2,3)10(7-11,12-13)9(4,5)6/h7H2,1-6H3. The van der Waals surface area contributed by atoms with Crippen LogP contribution in [0.5, 0.6) is 0 Å². The summed E-state index contributed by atoms with van der Waals surface area (Å²) in [6, 6.07) is 0. The summed E-state index contributed by atoms with van der Waals surface area (Å²) < 4.78 is 5.57. The normalized spacial score (nSPS) is 14.8. The van der Waals surface area contributed by atoms with E-state index >= 15 is 0 Å². The Hall–Kier alpha value is 0.657. The van der Waals surface area contributed by atoms with Crippen molar-refractivity contribution in [1.82, 2.24) is 0 Å². The van der Waals surface area contributed by atoms with Gasteiger partial charge in [-0.15, -0.1) is 0 Å². The van der Waals surface area contributed by atoms with Crippen molar-refractivity contribution in [2.24, 2.45) is 10.8 Å². The van der Waals surface area contributed by atoms with E-state index in [1.807, 2.05) is 0 Å². The summed E-state index contributed by atoms with van der Waals surface area (Å²) >= 11 is 3.55. The lowest BCUT2D eigenvalue weighted by Crippen LogP contribution is -2.56. The summed E-state index contributed by atoms with van der Waals surface area (Å²) in [5, 5.41) is 0.816. The zero-order chi connectivity index (χ0) is 10.9. The molecule has 0 atom stereocenters. The highest BCUT2D eigenvalue weighted by molar-refractivity contribution is 9.09. The zero-order valence-electron chi connectivity index (χ0n) is 9.49. The first-order valence-electron chi connectivity index (χ1n) is 4.53. The van der Waals surface area contributed by atoms with Gasteiger partial charge >= 0.3 is 0 Å². The first-order valence-corrected chi connectivity index (χ1v) is 6.06. The third kappa shape index (κ3) is 2.36. The Labute approximate surface area is 94.3 Å². The first kappa shape index (κ1) is 13.7. The van der Waals surface area contributed by atoms with Crippen molar-refractivity contribution in [3.8, 4) is 0 Å². The van der Waals surface area contributed by atoms with E-state index in [0.29, 0.717) is 0 Å². The maximum absolute atomic E-state index is 5.57. The first-order chi connectivity index (χ1) is 5.62. The molecule has 3 radical (unpaired) electrons. The van der Waals surface area contributed by atoms with Crippen molar-refractivity contribution in [2.75, 3.05) is 5.33 Å². The van der Waals surface area contributed by atoms with Crippen LogP contribution in [0.4, 0.5) is 0 Å². The molecule has 13 heavy (non-hydrogen) atoms. The Morgan fingerprint density at radius 2 is 1.31 bits per heavy atom. The summed E-state index contributed by atoms with van der Waals surface area (Å²) in [6.45, 7) is 13.2. The smallest absolute Gasteiger partial charge is 0.247 e. The maximum Gasteiger partial charge on any atom is 0.247 e. The summed E-state index contributed by atoms with van der Waals surface area (Å²) in [7, 11) is 3.23. The molecular weight excluding hydrogens is 244 g/mol. The molecule has 0 N–H and O–H groups in total. The van der Waals surface area contributed by atoms with Gasteiger partial charge in [-0.3, -0.25) is 0 Å². The summed E-state index contributed by atoms with van der Waals surface area (Å²) in [5.74, 6) is 0. The Morgan fingerprint density at radius 3 is 1.31 bits per heavy atom. The second kappa shape index (κ2) is 4.03. The molecule has 0 aromatic carbocycles. The highest BCUT2D eigenvalue weighted by Gasteiger charge is 2.49. The van der Waals surface area contributed by atoms with Gasteiger partial charge in [0.15, 0.2) is 0 Å². The molecule has 77 valence electrons. The van der Waals surface area contributed by atoms with Crippen molar-refractivity contribution in [3.63, 3.8) is 0 Å². The topological polar surface area (TPSA) is 9.23 Å². The van der Waals surface area contributed by atoms with Crippen LogP contribution in [0, 0.1) is 10.8 Å². The molecule has 0 aromatic rings. The van der Waals surface area contributed by atoms with Gasteiger partial charge in [-0.25, -0.2) is 0 Å². The molecule has 3 heteroatoms. The molecule has 0 saturated heterocycles. The van der Waals surface area contributed by atoms with Gasteiger partial charge in [0.25, 0.3) is 0 Å². The summed E-state index contributed by atoms with van der Waals surface area (Å²) in [5.41, 5.74) is -0.0517. The van der Waals surface area contributed by atoms with E-state index < -0.39 is 0 Å². The largest absolute Gasteiger partial charge is 0.411 e. The lowest BCUT2D eigenvalue weighted by Gasteiger charge is -2.52. The van der Waals surface area contributed by atoms with Crippen molar-refractivity contribution >= 4 is 26.4 Å². The molecular formula is C10H20BrOSi. The van der Waals surface area contributed by atoms with Crippen molar-refractivity contribution in [3.05, 3.63) is 0 Å². The fourth-order valence-electron chi connectivity index (χ4n) is 1.86. The van der Waals surface area contributed by atoms with E-state index in [1.165, 1.54) is 0 Å². The van der Waals surface area contributed by atoms with Crippen molar-refractivity contribution < 1.29 is 4.43 Å². The number of hydrogen-bond acceptors (Lipinski definition) is 1. The van der Waals surface area contributed by atoms with Crippen LogP contribution in [-0.2, 0) is 4.43 Å².